The van der Waals surface area contributed by atoms with Gasteiger partial charge in [-0.1, -0.05) is 0 Å². The van der Waals surface area contributed by atoms with Gasteiger partial charge < -0.3 is 15.2 Å². The molecule has 2 aliphatic heterocycles. The van der Waals surface area contributed by atoms with E-state index >= 15 is 0 Å². The van der Waals surface area contributed by atoms with Gasteiger partial charge in [-0.15, -0.1) is 0 Å². The van der Waals surface area contributed by atoms with Gasteiger partial charge in [0.05, 0.1) is 5.52 Å². The van der Waals surface area contributed by atoms with Crippen molar-refractivity contribution in [3.05, 3.63) is 23.8 Å². The van der Waals surface area contributed by atoms with Crippen LogP contribution in [0.2, 0.25) is 0 Å². The molecule has 4 rings (SSSR count). The number of fused-ring (bicyclic) bond motifs is 2. The third kappa shape index (κ3) is 2.00. The Morgan fingerprint density at radius 3 is 2.86 bits per heavy atom. The van der Waals surface area contributed by atoms with E-state index in [1.165, 1.54) is 25.5 Å². The Labute approximate surface area is 121 Å². The predicted molar refractivity (Wildman–Crippen MR) is 76.9 cm³/mol. The van der Waals surface area contributed by atoms with Gasteiger partial charge in [0.2, 0.25) is 5.95 Å². The van der Waals surface area contributed by atoms with Crippen LogP contribution in [-0.4, -0.2) is 33.6 Å². The number of imidazole rings is 1. The minimum absolute atomic E-state index is 0.169. The molecule has 3 heterocycles. The molecule has 0 bridgehead atoms. The van der Waals surface area contributed by atoms with Gasteiger partial charge in [-0.05, 0) is 32.2 Å². The smallest absolute Gasteiger partial charge is 0.201 e. The van der Waals surface area contributed by atoms with Crippen LogP contribution < -0.4 is 5.73 Å². The lowest BCUT2D eigenvalue weighted by atomic mass is 9.97. The molecule has 1 aromatic heterocycles. The summed E-state index contributed by atoms with van der Waals surface area (Å²) in [5.74, 6) is -0.945. The second-order valence-corrected chi connectivity index (χ2v) is 6.11. The maximum atomic E-state index is 13.8. The Hall–Kier alpha value is -1.69. The number of rotatable bonds is 1. The molecule has 0 amide bonds. The molecule has 21 heavy (non-hydrogen) atoms. The van der Waals surface area contributed by atoms with Crippen LogP contribution in [0, 0.1) is 11.6 Å². The largest absolute Gasteiger partial charge is 0.369 e. The molecule has 2 atom stereocenters. The third-order valence-corrected chi connectivity index (χ3v) is 4.90. The summed E-state index contributed by atoms with van der Waals surface area (Å²) < 4.78 is 29.2. The minimum atomic E-state index is -0.645. The monoisotopic (exact) mass is 292 g/mol. The molecule has 1 aromatic carbocycles. The lowest BCUT2D eigenvalue weighted by Crippen LogP contribution is -2.38. The highest BCUT2D eigenvalue weighted by Gasteiger charge is 2.33. The maximum absolute atomic E-state index is 13.8. The van der Waals surface area contributed by atoms with Crippen molar-refractivity contribution < 1.29 is 8.78 Å². The second-order valence-electron chi connectivity index (χ2n) is 6.11. The number of nitrogen functional groups attached to an aromatic ring is 1. The molecule has 2 N–H and O–H groups in total. The summed E-state index contributed by atoms with van der Waals surface area (Å²) in [6.45, 7) is 2.19. The third-order valence-electron chi connectivity index (χ3n) is 4.90. The average Bonchev–Trinajstić information content (AvgIpc) is 3.01. The zero-order chi connectivity index (χ0) is 14.6. The van der Waals surface area contributed by atoms with E-state index in [9.17, 15) is 8.78 Å². The fourth-order valence-electron chi connectivity index (χ4n) is 3.96. The van der Waals surface area contributed by atoms with Gasteiger partial charge in [0, 0.05) is 30.8 Å². The summed E-state index contributed by atoms with van der Waals surface area (Å²) in [5, 5.41) is 0. The first-order valence-electron chi connectivity index (χ1n) is 7.50. The zero-order valence-electron chi connectivity index (χ0n) is 11.7. The lowest BCUT2D eigenvalue weighted by Gasteiger charge is -2.35. The number of hydrogen-bond acceptors (Lipinski definition) is 3. The molecule has 2 aromatic rings. The van der Waals surface area contributed by atoms with Crippen LogP contribution in [0.25, 0.3) is 11.0 Å². The molecule has 2 fully saturated rings. The van der Waals surface area contributed by atoms with Crippen LogP contribution in [0.5, 0.6) is 0 Å². The van der Waals surface area contributed by atoms with Crippen LogP contribution in [-0.2, 0) is 0 Å². The summed E-state index contributed by atoms with van der Waals surface area (Å²) in [6.07, 6.45) is 4.37. The topological polar surface area (TPSA) is 47.1 Å². The number of aromatic nitrogens is 2. The van der Waals surface area contributed by atoms with Crippen molar-refractivity contribution >= 4 is 17.0 Å². The van der Waals surface area contributed by atoms with Gasteiger partial charge in [0.1, 0.15) is 11.3 Å². The highest BCUT2D eigenvalue weighted by Crippen LogP contribution is 2.36. The lowest BCUT2D eigenvalue weighted by molar-refractivity contribution is 0.158. The van der Waals surface area contributed by atoms with Crippen molar-refractivity contribution in [2.24, 2.45) is 0 Å². The molecule has 4 nitrogen and oxygen atoms in total. The Bertz CT molecular complexity index is 697. The van der Waals surface area contributed by atoms with E-state index in [1.807, 2.05) is 4.57 Å². The summed E-state index contributed by atoms with van der Waals surface area (Å²) in [6, 6.07) is 2.94. The standard InChI is InChI=1S/C15H18F2N4/c16-9-6-12(17)14-13(7-9)21(15(18)19-14)11-3-5-20-4-1-2-10(20)8-11/h6-7,10-11H,1-5,8H2,(H2,18,19). The van der Waals surface area contributed by atoms with Gasteiger partial charge in [0.15, 0.2) is 5.82 Å². The van der Waals surface area contributed by atoms with Crippen LogP contribution in [0.15, 0.2) is 12.1 Å². The molecule has 2 saturated heterocycles. The van der Waals surface area contributed by atoms with Crippen molar-refractivity contribution in [1.29, 1.82) is 0 Å². The number of nitrogens with zero attached hydrogens (tertiary/aromatic N) is 3. The number of halogens is 2. The number of anilines is 1. The molecular formula is C15H18F2N4. The van der Waals surface area contributed by atoms with Crippen LogP contribution in [0.1, 0.15) is 31.7 Å². The first kappa shape index (κ1) is 13.0. The van der Waals surface area contributed by atoms with E-state index in [1.54, 1.807) is 0 Å². The van der Waals surface area contributed by atoms with Gasteiger partial charge in [-0.3, -0.25) is 0 Å². The Kier molecular flexibility index (Phi) is 2.89. The number of piperidine rings is 1. The van der Waals surface area contributed by atoms with Crippen molar-refractivity contribution in [2.45, 2.75) is 37.8 Å². The Morgan fingerprint density at radius 2 is 2.00 bits per heavy atom. The van der Waals surface area contributed by atoms with E-state index in [2.05, 4.69) is 9.88 Å². The Morgan fingerprint density at radius 1 is 1.14 bits per heavy atom. The van der Waals surface area contributed by atoms with Crippen molar-refractivity contribution in [1.82, 2.24) is 14.5 Å². The zero-order valence-corrected chi connectivity index (χ0v) is 11.7. The number of nitrogens with two attached hydrogens (primary N) is 1. The van der Waals surface area contributed by atoms with Gasteiger partial charge in [-0.25, -0.2) is 13.8 Å². The average molecular weight is 292 g/mol. The van der Waals surface area contributed by atoms with Crippen LogP contribution in [0.3, 0.4) is 0 Å². The van der Waals surface area contributed by atoms with Crippen LogP contribution in [0.4, 0.5) is 14.7 Å². The molecule has 2 aliphatic rings. The quantitative estimate of drug-likeness (QED) is 0.879. The van der Waals surface area contributed by atoms with Crippen molar-refractivity contribution in [3.8, 4) is 0 Å². The van der Waals surface area contributed by atoms with Crippen molar-refractivity contribution in [3.63, 3.8) is 0 Å². The molecule has 0 radical (unpaired) electrons. The van der Waals surface area contributed by atoms with Crippen molar-refractivity contribution in [2.75, 3.05) is 18.8 Å². The molecule has 112 valence electrons. The summed E-state index contributed by atoms with van der Waals surface area (Å²) in [7, 11) is 0. The van der Waals surface area contributed by atoms with E-state index in [4.69, 9.17) is 5.73 Å². The summed E-state index contributed by atoms with van der Waals surface area (Å²) in [5.41, 5.74) is 6.63. The maximum Gasteiger partial charge on any atom is 0.201 e. The number of benzene rings is 1. The van der Waals surface area contributed by atoms with Crippen LogP contribution >= 0.6 is 0 Å². The SMILES string of the molecule is Nc1nc2c(F)cc(F)cc2n1C1CCN2CCCC2C1. The fraction of sp³-hybridized carbons (Fsp3) is 0.533. The van der Waals surface area contributed by atoms with Gasteiger partial charge >= 0.3 is 0 Å². The number of hydrogen-bond donors (Lipinski definition) is 1. The van der Waals surface area contributed by atoms with E-state index < -0.39 is 11.6 Å². The second kappa shape index (κ2) is 4.66. The molecule has 0 spiro atoms. The van der Waals surface area contributed by atoms with E-state index in [-0.39, 0.29) is 17.5 Å². The molecule has 0 saturated carbocycles. The first-order valence-corrected chi connectivity index (χ1v) is 7.50. The van der Waals surface area contributed by atoms with Gasteiger partial charge in [-0.2, -0.15) is 0 Å². The molecule has 6 heteroatoms. The van der Waals surface area contributed by atoms with E-state index in [0.717, 1.165) is 25.5 Å². The molecule has 2 unspecified atom stereocenters. The summed E-state index contributed by atoms with van der Waals surface area (Å²) >= 11 is 0. The normalized spacial score (nSPS) is 26.4. The summed E-state index contributed by atoms with van der Waals surface area (Å²) in [4.78, 5) is 6.61. The first-order chi connectivity index (χ1) is 10.1. The van der Waals surface area contributed by atoms with E-state index in [0.29, 0.717) is 11.6 Å². The predicted octanol–water partition coefficient (Wildman–Crippen LogP) is 2.70. The highest BCUT2D eigenvalue weighted by molar-refractivity contribution is 5.79. The Balaban J connectivity index is 1.77. The highest BCUT2D eigenvalue weighted by atomic mass is 19.1. The minimum Gasteiger partial charge on any atom is -0.369 e. The molecular weight excluding hydrogens is 274 g/mol. The fourth-order valence-corrected chi connectivity index (χ4v) is 3.96. The van der Waals surface area contributed by atoms with Gasteiger partial charge in [0.25, 0.3) is 0 Å². The molecule has 0 aliphatic carbocycles.